The molecule has 1 aliphatic rings. The highest BCUT2D eigenvalue weighted by atomic mass is 19.1. The quantitative estimate of drug-likeness (QED) is 0.307. The number of nitrogens with one attached hydrogen (secondary N) is 2. The van der Waals surface area contributed by atoms with Gasteiger partial charge < -0.3 is 14.8 Å². The molecule has 1 amide bonds. The van der Waals surface area contributed by atoms with Gasteiger partial charge >= 0.3 is 0 Å². The van der Waals surface area contributed by atoms with Crippen molar-refractivity contribution >= 4 is 22.5 Å². The van der Waals surface area contributed by atoms with Gasteiger partial charge in [0.25, 0.3) is 5.91 Å². The van der Waals surface area contributed by atoms with E-state index >= 15 is 0 Å². The number of aromatic amines is 1. The fraction of sp³-hybridized carbons (Fsp3) is 0.172. The second kappa shape index (κ2) is 11.0. The number of H-pyrrole nitrogens is 1. The van der Waals surface area contributed by atoms with Crippen molar-refractivity contribution in [1.82, 2.24) is 25.1 Å². The minimum absolute atomic E-state index is 0.268. The molecule has 0 bridgehead atoms. The van der Waals surface area contributed by atoms with Crippen LogP contribution in [0.3, 0.4) is 0 Å². The fourth-order valence-electron chi connectivity index (χ4n) is 4.47. The van der Waals surface area contributed by atoms with E-state index in [9.17, 15) is 9.18 Å². The zero-order chi connectivity index (χ0) is 26.6. The fourth-order valence-corrected chi connectivity index (χ4v) is 4.47. The van der Waals surface area contributed by atoms with Gasteiger partial charge in [-0.1, -0.05) is 12.1 Å². The molecule has 10 heteroatoms. The van der Waals surface area contributed by atoms with Crippen LogP contribution in [0.5, 0.6) is 11.6 Å². The van der Waals surface area contributed by atoms with Crippen LogP contribution < -0.4 is 10.1 Å². The minimum atomic E-state index is -0.400. The molecule has 2 aromatic carbocycles. The van der Waals surface area contributed by atoms with E-state index in [0.717, 1.165) is 55.1 Å². The van der Waals surface area contributed by atoms with Crippen LogP contribution in [0.15, 0.2) is 79.3 Å². The van der Waals surface area contributed by atoms with E-state index in [1.165, 1.54) is 18.3 Å². The first-order valence-corrected chi connectivity index (χ1v) is 12.5. The zero-order valence-corrected chi connectivity index (χ0v) is 20.9. The maximum atomic E-state index is 13.4. The van der Waals surface area contributed by atoms with Gasteiger partial charge in [0.05, 0.1) is 30.6 Å². The van der Waals surface area contributed by atoms with Gasteiger partial charge in [-0.2, -0.15) is 5.10 Å². The lowest BCUT2D eigenvalue weighted by atomic mass is 10.0. The predicted molar refractivity (Wildman–Crippen MR) is 144 cm³/mol. The van der Waals surface area contributed by atoms with Gasteiger partial charge in [-0.3, -0.25) is 19.8 Å². The van der Waals surface area contributed by atoms with Gasteiger partial charge in [0.2, 0.25) is 5.88 Å². The summed E-state index contributed by atoms with van der Waals surface area (Å²) in [7, 11) is 0. The number of aromatic nitrogens is 4. The van der Waals surface area contributed by atoms with Crippen LogP contribution in [0.2, 0.25) is 0 Å². The normalized spacial score (nSPS) is 13.9. The number of morpholine rings is 1. The minimum Gasteiger partial charge on any atom is -0.439 e. The van der Waals surface area contributed by atoms with Crippen molar-refractivity contribution in [2.24, 2.45) is 0 Å². The number of ether oxygens (including phenoxy) is 2. The topological polar surface area (TPSA) is 105 Å². The number of halogens is 1. The Bertz CT molecular complexity index is 1620. The number of carbonyl (C=O) groups is 1. The van der Waals surface area contributed by atoms with Gasteiger partial charge in [-0.15, -0.1) is 0 Å². The molecule has 39 heavy (non-hydrogen) atoms. The van der Waals surface area contributed by atoms with Crippen LogP contribution in [0.1, 0.15) is 16.1 Å². The van der Waals surface area contributed by atoms with Crippen molar-refractivity contribution in [3.63, 3.8) is 0 Å². The third-order valence-corrected chi connectivity index (χ3v) is 6.43. The molecule has 1 aliphatic heterocycles. The summed E-state index contributed by atoms with van der Waals surface area (Å²) in [4.78, 5) is 24.1. The largest absolute Gasteiger partial charge is 0.439 e. The summed E-state index contributed by atoms with van der Waals surface area (Å²) in [6.07, 6.45) is 5.18. The maximum Gasteiger partial charge on any atom is 0.276 e. The van der Waals surface area contributed by atoms with E-state index in [-0.39, 0.29) is 17.5 Å². The third-order valence-electron chi connectivity index (χ3n) is 6.43. The molecule has 0 saturated carbocycles. The standard InChI is InChI=1S/C29H25FN6O3/c30-22-2-1-3-24(14-22)39-27-7-5-23(17-32-27)33-29(37)28-25-13-20(4-6-26(25)34-35-28)21-12-19(15-31-16-21)18-36-8-10-38-11-9-36/h1-7,12-17H,8-11,18H2,(H,33,37)(H,34,35). The van der Waals surface area contributed by atoms with Gasteiger partial charge in [0.1, 0.15) is 11.6 Å². The number of benzene rings is 2. The van der Waals surface area contributed by atoms with E-state index in [2.05, 4.69) is 36.4 Å². The number of pyridine rings is 2. The smallest absolute Gasteiger partial charge is 0.276 e. The van der Waals surface area contributed by atoms with Crippen molar-refractivity contribution in [3.8, 4) is 22.8 Å². The first-order chi connectivity index (χ1) is 19.1. The Hall–Kier alpha value is -4.67. The van der Waals surface area contributed by atoms with Gasteiger partial charge in [0.15, 0.2) is 5.69 Å². The number of rotatable bonds is 7. The van der Waals surface area contributed by atoms with Gasteiger partial charge in [-0.05, 0) is 47.5 Å². The van der Waals surface area contributed by atoms with Crippen LogP contribution in [-0.4, -0.2) is 57.3 Å². The van der Waals surface area contributed by atoms with Crippen LogP contribution in [0.25, 0.3) is 22.0 Å². The summed E-state index contributed by atoms with van der Waals surface area (Å²) < 4.78 is 24.4. The van der Waals surface area contributed by atoms with Crippen molar-refractivity contribution in [2.45, 2.75) is 6.54 Å². The highest BCUT2D eigenvalue weighted by Gasteiger charge is 2.16. The summed E-state index contributed by atoms with van der Waals surface area (Å²) >= 11 is 0. The number of carbonyl (C=O) groups excluding carboxylic acids is 1. The molecular formula is C29H25FN6O3. The van der Waals surface area contributed by atoms with Crippen LogP contribution >= 0.6 is 0 Å². The summed E-state index contributed by atoms with van der Waals surface area (Å²) in [6.45, 7) is 4.12. The molecule has 5 aromatic rings. The van der Waals surface area contributed by atoms with E-state index in [4.69, 9.17) is 9.47 Å². The third kappa shape index (κ3) is 5.77. The van der Waals surface area contributed by atoms with Crippen LogP contribution in [0, 0.1) is 5.82 Å². The lowest BCUT2D eigenvalue weighted by Gasteiger charge is -2.26. The number of hydrogen-bond acceptors (Lipinski definition) is 7. The van der Waals surface area contributed by atoms with E-state index in [1.807, 2.05) is 30.6 Å². The summed E-state index contributed by atoms with van der Waals surface area (Å²) in [5.41, 5.74) is 4.52. The van der Waals surface area contributed by atoms with Crippen molar-refractivity contribution in [3.05, 3.63) is 96.3 Å². The molecule has 9 nitrogen and oxygen atoms in total. The molecule has 1 fully saturated rings. The second-order valence-electron chi connectivity index (χ2n) is 9.20. The number of nitrogens with zero attached hydrogens (tertiary/aromatic N) is 4. The Morgan fingerprint density at radius 2 is 1.92 bits per heavy atom. The van der Waals surface area contributed by atoms with Gasteiger partial charge in [0, 0.05) is 55.1 Å². The molecule has 0 atom stereocenters. The highest BCUT2D eigenvalue weighted by molar-refractivity contribution is 6.11. The van der Waals surface area contributed by atoms with Crippen LogP contribution in [0.4, 0.5) is 10.1 Å². The predicted octanol–water partition coefficient (Wildman–Crippen LogP) is 5.04. The molecule has 0 radical (unpaired) electrons. The average molecular weight is 525 g/mol. The van der Waals surface area contributed by atoms with E-state index < -0.39 is 5.82 Å². The Kier molecular flexibility index (Phi) is 6.94. The Labute approximate surface area is 223 Å². The molecule has 196 valence electrons. The molecular weight excluding hydrogens is 499 g/mol. The summed E-state index contributed by atoms with van der Waals surface area (Å²) in [6, 6.07) is 17.0. The van der Waals surface area contributed by atoms with Gasteiger partial charge in [-0.25, -0.2) is 9.37 Å². The maximum absolute atomic E-state index is 13.4. The van der Waals surface area contributed by atoms with Crippen molar-refractivity contribution < 1.29 is 18.7 Å². The average Bonchev–Trinajstić information content (AvgIpc) is 3.38. The molecule has 0 aliphatic carbocycles. The number of hydrogen-bond donors (Lipinski definition) is 2. The van der Waals surface area contributed by atoms with Crippen molar-refractivity contribution in [1.29, 1.82) is 0 Å². The highest BCUT2D eigenvalue weighted by Crippen LogP contribution is 2.27. The van der Waals surface area contributed by atoms with Crippen LogP contribution in [-0.2, 0) is 11.3 Å². The van der Waals surface area contributed by atoms with E-state index in [1.54, 1.807) is 24.3 Å². The summed E-state index contributed by atoms with van der Waals surface area (Å²) in [5, 5.41) is 10.7. The molecule has 3 aromatic heterocycles. The number of anilines is 1. The monoisotopic (exact) mass is 524 g/mol. The molecule has 6 rings (SSSR count). The Morgan fingerprint density at radius 3 is 2.74 bits per heavy atom. The number of amides is 1. The first kappa shape index (κ1) is 24.7. The summed E-state index contributed by atoms with van der Waals surface area (Å²) in [5.74, 6) is -0.168. The number of fused-ring (bicyclic) bond motifs is 1. The molecule has 4 heterocycles. The second-order valence-corrected chi connectivity index (χ2v) is 9.20. The lowest BCUT2D eigenvalue weighted by Crippen LogP contribution is -2.35. The lowest BCUT2D eigenvalue weighted by molar-refractivity contribution is 0.0341. The molecule has 2 N–H and O–H groups in total. The Morgan fingerprint density at radius 1 is 1.03 bits per heavy atom. The zero-order valence-electron chi connectivity index (χ0n) is 20.9. The molecule has 0 spiro atoms. The van der Waals surface area contributed by atoms with Crippen molar-refractivity contribution in [2.75, 3.05) is 31.6 Å². The first-order valence-electron chi connectivity index (χ1n) is 12.5. The Balaban J connectivity index is 1.17. The van der Waals surface area contributed by atoms with E-state index in [0.29, 0.717) is 16.8 Å². The SMILES string of the molecule is O=C(Nc1ccc(Oc2cccc(F)c2)nc1)c1n[nH]c2ccc(-c3cncc(CN4CCOCC4)c3)cc12. The molecule has 0 unspecified atom stereocenters. The molecule has 1 saturated heterocycles.